The molecule has 0 unspecified atom stereocenters. The molecule has 11 heteroatoms. The number of H-pyrrole nitrogens is 1. The second-order valence-electron chi connectivity index (χ2n) is 10.4. The number of hydrogen-bond donors (Lipinski definition) is 3. The third kappa shape index (κ3) is 8.44. The van der Waals surface area contributed by atoms with Crippen molar-refractivity contribution in [3.63, 3.8) is 0 Å². The number of carbonyl (C=O) groups excluding carboxylic acids is 4. The minimum Gasteiger partial charge on any atom is -0.462 e. The Kier molecular flexibility index (Phi) is 10.1. The second-order valence-corrected chi connectivity index (χ2v) is 10.4. The average Bonchev–Trinajstić information content (AvgIpc) is 3.39. The number of amides is 3. The van der Waals surface area contributed by atoms with Gasteiger partial charge in [0.25, 0.3) is 5.91 Å². The standard InChI is InChI=1S/C29H38N4O7/c1-7-39-27(36)22-14-18(2)31-24(22)17-21-20-15-19(8-9-23(20)32-26(21)35)16-25(34)33(6)11-13-38-12-10-30-28(37)40-29(3,4)5/h8-9,14-15,17,31H,7,10-13,16H2,1-6H3,(H,30,37)(H,32,35)/b21-17-. The van der Waals surface area contributed by atoms with Gasteiger partial charge in [0, 0.05) is 37.1 Å². The van der Waals surface area contributed by atoms with Crippen molar-refractivity contribution < 1.29 is 33.4 Å². The maximum absolute atomic E-state index is 12.8. The van der Waals surface area contributed by atoms with Crippen LogP contribution >= 0.6 is 0 Å². The van der Waals surface area contributed by atoms with E-state index in [0.29, 0.717) is 54.4 Å². The molecule has 0 saturated heterocycles. The van der Waals surface area contributed by atoms with E-state index in [1.165, 1.54) is 0 Å². The van der Waals surface area contributed by atoms with Crippen LogP contribution in [-0.4, -0.2) is 79.3 Å². The molecule has 2 heterocycles. The van der Waals surface area contributed by atoms with Crippen LogP contribution in [0.5, 0.6) is 0 Å². The van der Waals surface area contributed by atoms with Crippen molar-refractivity contribution in [2.45, 2.75) is 46.6 Å². The molecule has 11 nitrogen and oxygen atoms in total. The molecule has 3 rings (SSSR count). The lowest BCUT2D eigenvalue weighted by atomic mass is 10.0. The highest BCUT2D eigenvalue weighted by Gasteiger charge is 2.26. The normalized spacial score (nSPS) is 13.6. The highest BCUT2D eigenvalue weighted by Crippen LogP contribution is 2.34. The first-order valence-electron chi connectivity index (χ1n) is 13.2. The van der Waals surface area contributed by atoms with Gasteiger partial charge < -0.3 is 34.7 Å². The van der Waals surface area contributed by atoms with Crippen LogP contribution < -0.4 is 10.6 Å². The lowest BCUT2D eigenvalue weighted by Crippen LogP contribution is -2.35. The first kappa shape index (κ1) is 30.4. The fourth-order valence-corrected chi connectivity index (χ4v) is 4.01. The number of aromatic nitrogens is 1. The molecule has 0 spiro atoms. The van der Waals surface area contributed by atoms with E-state index in [1.54, 1.807) is 63.9 Å². The maximum atomic E-state index is 12.8. The van der Waals surface area contributed by atoms with E-state index >= 15 is 0 Å². The van der Waals surface area contributed by atoms with Crippen molar-refractivity contribution >= 4 is 41.2 Å². The molecule has 3 N–H and O–H groups in total. The molecule has 0 bridgehead atoms. The lowest BCUT2D eigenvalue weighted by Gasteiger charge is -2.20. The fraction of sp³-hybridized carbons (Fsp3) is 0.448. The fourth-order valence-electron chi connectivity index (χ4n) is 4.01. The summed E-state index contributed by atoms with van der Waals surface area (Å²) in [5, 5.41) is 5.45. The lowest BCUT2D eigenvalue weighted by molar-refractivity contribution is -0.129. The molecule has 0 atom stereocenters. The number of aromatic amines is 1. The Hall–Kier alpha value is -4.12. The number of ether oxygens (including phenoxy) is 3. The molecule has 2 aromatic rings. The highest BCUT2D eigenvalue weighted by molar-refractivity contribution is 6.35. The third-order valence-corrected chi connectivity index (χ3v) is 5.90. The zero-order chi connectivity index (χ0) is 29.4. The van der Waals surface area contributed by atoms with Crippen LogP contribution in [0.1, 0.15) is 60.6 Å². The molecule has 0 saturated carbocycles. The zero-order valence-corrected chi connectivity index (χ0v) is 23.9. The number of aryl methyl sites for hydroxylation is 1. The van der Waals surface area contributed by atoms with Gasteiger partial charge in [-0.3, -0.25) is 9.59 Å². The molecule has 1 aromatic heterocycles. The van der Waals surface area contributed by atoms with E-state index in [9.17, 15) is 19.2 Å². The summed E-state index contributed by atoms with van der Waals surface area (Å²) in [5.41, 5.74) is 3.45. The first-order valence-corrected chi connectivity index (χ1v) is 13.2. The molecular formula is C29H38N4O7. The van der Waals surface area contributed by atoms with E-state index in [4.69, 9.17) is 14.2 Å². The second kappa shape index (κ2) is 13.3. The van der Waals surface area contributed by atoms with Gasteiger partial charge in [-0.2, -0.15) is 0 Å². The Balaban J connectivity index is 1.57. The van der Waals surface area contributed by atoms with Crippen LogP contribution in [0.2, 0.25) is 0 Å². The van der Waals surface area contributed by atoms with Gasteiger partial charge >= 0.3 is 12.1 Å². The summed E-state index contributed by atoms with van der Waals surface area (Å²) in [6.07, 6.45) is 1.27. The van der Waals surface area contributed by atoms with Crippen molar-refractivity contribution in [1.29, 1.82) is 0 Å². The van der Waals surface area contributed by atoms with Crippen molar-refractivity contribution in [3.05, 3.63) is 52.3 Å². The largest absolute Gasteiger partial charge is 0.462 e. The maximum Gasteiger partial charge on any atom is 0.407 e. The summed E-state index contributed by atoms with van der Waals surface area (Å²) in [6, 6.07) is 7.06. The summed E-state index contributed by atoms with van der Waals surface area (Å²) in [4.78, 5) is 54.3. The number of likely N-dealkylation sites (N-methyl/N-ethyl adjacent to an activating group) is 1. The molecule has 0 radical (unpaired) electrons. The third-order valence-electron chi connectivity index (χ3n) is 5.90. The first-order chi connectivity index (χ1) is 18.9. The van der Waals surface area contributed by atoms with Gasteiger partial charge in [0.15, 0.2) is 0 Å². The zero-order valence-electron chi connectivity index (χ0n) is 23.9. The number of benzene rings is 1. The number of nitrogens with one attached hydrogen (secondary N) is 3. The van der Waals surface area contributed by atoms with Crippen LogP contribution in [0, 0.1) is 6.92 Å². The van der Waals surface area contributed by atoms with E-state index in [2.05, 4.69) is 15.6 Å². The van der Waals surface area contributed by atoms with Crippen LogP contribution in [-0.2, 0) is 30.2 Å². The smallest absolute Gasteiger partial charge is 0.407 e. The molecule has 216 valence electrons. The van der Waals surface area contributed by atoms with E-state index in [-0.39, 0.29) is 24.8 Å². The van der Waals surface area contributed by atoms with Crippen LogP contribution in [0.4, 0.5) is 10.5 Å². The van der Waals surface area contributed by atoms with Crippen LogP contribution in [0.25, 0.3) is 11.6 Å². The van der Waals surface area contributed by atoms with Gasteiger partial charge in [0.2, 0.25) is 5.91 Å². The predicted octanol–water partition coefficient (Wildman–Crippen LogP) is 3.53. The van der Waals surface area contributed by atoms with Crippen LogP contribution in [0.3, 0.4) is 0 Å². The number of fused-ring (bicyclic) bond motifs is 1. The molecule has 0 aliphatic carbocycles. The summed E-state index contributed by atoms with van der Waals surface area (Å²) in [7, 11) is 1.69. The average molecular weight is 555 g/mol. The highest BCUT2D eigenvalue weighted by atomic mass is 16.6. The van der Waals surface area contributed by atoms with Gasteiger partial charge in [0.05, 0.1) is 43.1 Å². The molecule has 1 aromatic carbocycles. The summed E-state index contributed by atoms with van der Waals surface area (Å²) < 4.78 is 15.8. The number of nitrogens with zero attached hydrogens (tertiary/aromatic N) is 1. The van der Waals surface area contributed by atoms with E-state index in [0.717, 1.165) is 11.3 Å². The van der Waals surface area contributed by atoms with E-state index < -0.39 is 17.7 Å². The number of alkyl carbamates (subject to hydrolysis) is 1. The minimum absolute atomic E-state index is 0.108. The number of hydrogen-bond acceptors (Lipinski definition) is 7. The summed E-state index contributed by atoms with van der Waals surface area (Å²) in [5.74, 6) is -0.873. The number of esters is 1. The Morgan fingerprint density at radius 3 is 2.58 bits per heavy atom. The van der Waals surface area contributed by atoms with Crippen molar-refractivity contribution in [1.82, 2.24) is 15.2 Å². The quantitative estimate of drug-likeness (QED) is 0.219. The van der Waals surface area contributed by atoms with Gasteiger partial charge in [-0.05, 0) is 64.5 Å². The topological polar surface area (TPSA) is 139 Å². The van der Waals surface area contributed by atoms with Crippen LogP contribution in [0.15, 0.2) is 24.3 Å². The van der Waals surface area contributed by atoms with Gasteiger partial charge in [0.1, 0.15) is 5.60 Å². The van der Waals surface area contributed by atoms with Gasteiger partial charge in [-0.25, -0.2) is 9.59 Å². The molecule has 40 heavy (non-hydrogen) atoms. The van der Waals surface area contributed by atoms with Crippen molar-refractivity contribution in [3.8, 4) is 0 Å². The van der Waals surface area contributed by atoms with Gasteiger partial charge in [-0.15, -0.1) is 0 Å². The van der Waals surface area contributed by atoms with E-state index in [1.807, 2.05) is 13.0 Å². The molecule has 1 aliphatic rings. The molecule has 1 aliphatic heterocycles. The molecular weight excluding hydrogens is 516 g/mol. The SMILES string of the molecule is CCOC(=O)c1cc(C)[nH]c1/C=C1\C(=O)Nc2ccc(CC(=O)N(C)CCOCCNC(=O)OC(C)(C)C)cc21. The Morgan fingerprint density at radius 2 is 1.88 bits per heavy atom. The predicted molar refractivity (Wildman–Crippen MR) is 151 cm³/mol. The summed E-state index contributed by atoms with van der Waals surface area (Å²) >= 11 is 0. The number of carbonyl (C=O) groups is 4. The Bertz CT molecular complexity index is 1290. The molecule has 0 fully saturated rings. The monoisotopic (exact) mass is 554 g/mol. The Morgan fingerprint density at radius 1 is 1.12 bits per heavy atom. The van der Waals surface area contributed by atoms with Gasteiger partial charge in [-0.1, -0.05) is 6.07 Å². The minimum atomic E-state index is -0.564. The molecule has 3 amide bonds. The number of anilines is 1. The van der Waals surface area contributed by atoms with Crippen molar-refractivity contribution in [2.75, 3.05) is 45.3 Å². The van der Waals surface area contributed by atoms with Crippen molar-refractivity contribution in [2.24, 2.45) is 0 Å². The summed E-state index contributed by atoms with van der Waals surface area (Å²) in [6.45, 7) is 10.4. The Labute approximate surface area is 234 Å². The number of rotatable bonds is 11.